The number of amides is 2. The predicted octanol–water partition coefficient (Wildman–Crippen LogP) is 2.22. The summed E-state index contributed by atoms with van der Waals surface area (Å²) in [6.45, 7) is 10.6. The third-order valence-electron chi connectivity index (χ3n) is 3.76. The highest BCUT2D eigenvalue weighted by molar-refractivity contribution is 5.92. The lowest BCUT2D eigenvalue weighted by Crippen LogP contribution is -2.38. The number of aromatic nitrogens is 2. The van der Waals surface area contributed by atoms with Crippen LogP contribution in [-0.2, 0) is 4.79 Å². The maximum atomic E-state index is 12.6. The smallest absolute Gasteiger partial charge is 0.274 e. The molecule has 1 rings (SSSR count). The van der Waals surface area contributed by atoms with Crippen molar-refractivity contribution in [1.82, 2.24) is 19.8 Å². The Balaban J connectivity index is 2.72. The Labute approximate surface area is 138 Å². The van der Waals surface area contributed by atoms with E-state index in [0.717, 1.165) is 6.42 Å². The van der Waals surface area contributed by atoms with Gasteiger partial charge in [0, 0.05) is 45.0 Å². The van der Waals surface area contributed by atoms with Gasteiger partial charge in [-0.15, -0.1) is 0 Å². The molecule has 6 heteroatoms. The molecule has 1 aromatic heterocycles. The predicted molar refractivity (Wildman–Crippen MR) is 89.9 cm³/mol. The Hall–Kier alpha value is -1.98. The van der Waals surface area contributed by atoms with E-state index in [0.29, 0.717) is 44.2 Å². The van der Waals surface area contributed by atoms with E-state index < -0.39 is 0 Å². The van der Waals surface area contributed by atoms with E-state index in [1.807, 2.05) is 13.8 Å². The lowest BCUT2D eigenvalue weighted by Gasteiger charge is -2.25. The zero-order valence-corrected chi connectivity index (χ0v) is 14.7. The van der Waals surface area contributed by atoms with Crippen molar-refractivity contribution in [3.05, 3.63) is 24.3 Å². The molecule has 0 atom stereocenters. The Kier molecular flexibility index (Phi) is 8.22. The second kappa shape index (κ2) is 9.92. The SMILES string of the molecule is CCN(CC)C(=O)CCN(CCC(C)C)C(=O)c1cnccn1. The summed E-state index contributed by atoms with van der Waals surface area (Å²) in [6.07, 6.45) is 5.75. The Morgan fingerprint density at radius 2 is 1.78 bits per heavy atom. The zero-order valence-electron chi connectivity index (χ0n) is 14.7. The van der Waals surface area contributed by atoms with Gasteiger partial charge >= 0.3 is 0 Å². The lowest BCUT2D eigenvalue weighted by molar-refractivity contribution is -0.131. The van der Waals surface area contributed by atoms with Crippen LogP contribution in [0.25, 0.3) is 0 Å². The monoisotopic (exact) mass is 320 g/mol. The first kappa shape index (κ1) is 19.1. The number of hydrogen-bond acceptors (Lipinski definition) is 4. The number of carbonyl (C=O) groups is 2. The molecule has 6 nitrogen and oxygen atoms in total. The van der Waals surface area contributed by atoms with E-state index >= 15 is 0 Å². The average Bonchev–Trinajstić information content (AvgIpc) is 2.56. The fourth-order valence-corrected chi connectivity index (χ4v) is 2.27. The maximum absolute atomic E-state index is 12.6. The van der Waals surface area contributed by atoms with Crippen LogP contribution in [0.1, 0.15) is 51.0 Å². The van der Waals surface area contributed by atoms with Crippen molar-refractivity contribution in [3.63, 3.8) is 0 Å². The van der Waals surface area contributed by atoms with Gasteiger partial charge in [-0.05, 0) is 26.2 Å². The number of carbonyl (C=O) groups excluding carboxylic acids is 2. The van der Waals surface area contributed by atoms with E-state index in [1.54, 1.807) is 16.0 Å². The van der Waals surface area contributed by atoms with Crippen LogP contribution in [-0.4, -0.2) is 57.8 Å². The standard InChI is InChI=1S/C17H28N4O2/c1-5-20(6-2)16(22)8-12-21(11-7-14(3)4)17(23)15-13-18-9-10-19-15/h9-10,13-14H,5-8,11-12H2,1-4H3. The Bertz CT molecular complexity index is 487. The molecule has 1 aromatic rings. The molecule has 0 spiro atoms. The minimum Gasteiger partial charge on any atom is -0.343 e. The van der Waals surface area contributed by atoms with Gasteiger partial charge in [0.2, 0.25) is 5.91 Å². The van der Waals surface area contributed by atoms with Gasteiger partial charge in [-0.25, -0.2) is 4.98 Å². The summed E-state index contributed by atoms with van der Waals surface area (Å²) in [5.74, 6) is 0.410. The molecule has 0 N–H and O–H groups in total. The summed E-state index contributed by atoms with van der Waals surface area (Å²) < 4.78 is 0. The fraction of sp³-hybridized carbons (Fsp3) is 0.647. The maximum Gasteiger partial charge on any atom is 0.274 e. The molecular weight excluding hydrogens is 292 g/mol. The van der Waals surface area contributed by atoms with Crippen molar-refractivity contribution in [2.75, 3.05) is 26.2 Å². The highest BCUT2D eigenvalue weighted by Crippen LogP contribution is 2.08. The number of nitrogens with zero attached hydrogens (tertiary/aromatic N) is 4. The van der Waals surface area contributed by atoms with Crippen LogP contribution in [0.4, 0.5) is 0 Å². The summed E-state index contributed by atoms with van der Waals surface area (Å²) in [5.41, 5.74) is 0.326. The second-order valence-electron chi connectivity index (χ2n) is 5.88. The van der Waals surface area contributed by atoms with Crippen LogP contribution in [0.15, 0.2) is 18.6 Å². The van der Waals surface area contributed by atoms with E-state index in [9.17, 15) is 9.59 Å². The zero-order chi connectivity index (χ0) is 17.2. The summed E-state index contributed by atoms with van der Waals surface area (Å²) in [7, 11) is 0. The normalized spacial score (nSPS) is 10.7. The first-order valence-corrected chi connectivity index (χ1v) is 8.32. The molecule has 0 fully saturated rings. The first-order chi connectivity index (χ1) is 11.0. The van der Waals surface area contributed by atoms with Gasteiger partial charge in [0.15, 0.2) is 0 Å². The number of hydrogen-bond donors (Lipinski definition) is 0. The van der Waals surface area contributed by atoms with Gasteiger partial charge in [0.05, 0.1) is 6.20 Å². The summed E-state index contributed by atoms with van der Waals surface area (Å²) in [5, 5.41) is 0. The van der Waals surface area contributed by atoms with E-state index in [-0.39, 0.29) is 11.8 Å². The number of rotatable bonds is 9. The van der Waals surface area contributed by atoms with Crippen molar-refractivity contribution in [1.29, 1.82) is 0 Å². The third-order valence-corrected chi connectivity index (χ3v) is 3.76. The van der Waals surface area contributed by atoms with E-state index in [2.05, 4.69) is 23.8 Å². The Morgan fingerprint density at radius 1 is 1.09 bits per heavy atom. The van der Waals surface area contributed by atoms with Crippen LogP contribution in [0, 0.1) is 5.92 Å². The topological polar surface area (TPSA) is 66.4 Å². The van der Waals surface area contributed by atoms with Gasteiger partial charge in [-0.1, -0.05) is 13.8 Å². The molecule has 0 unspecified atom stereocenters. The van der Waals surface area contributed by atoms with Crippen LogP contribution in [0.2, 0.25) is 0 Å². The Morgan fingerprint density at radius 3 is 2.30 bits per heavy atom. The van der Waals surface area contributed by atoms with Crippen molar-refractivity contribution in [2.24, 2.45) is 5.92 Å². The molecule has 0 radical (unpaired) electrons. The quantitative estimate of drug-likeness (QED) is 0.700. The minimum absolute atomic E-state index is 0.0801. The first-order valence-electron chi connectivity index (χ1n) is 8.32. The van der Waals surface area contributed by atoms with Gasteiger partial charge < -0.3 is 9.80 Å². The molecule has 23 heavy (non-hydrogen) atoms. The van der Waals surface area contributed by atoms with Crippen LogP contribution in [0.5, 0.6) is 0 Å². The fourth-order valence-electron chi connectivity index (χ4n) is 2.27. The molecule has 0 aliphatic heterocycles. The molecule has 0 aliphatic rings. The average molecular weight is 320 g/mol. The molecule has 2 amide bonds. The van der Waals surface area contributed by atoms with Crippen LogP contribution < -0.4 is 0 Å². The van der Waals surface area contributed by atoms with Crippen LogP contribution >= 0.6 is 0 Å². The lowest BCUT2D eigenvalue weighted by atomic mass is 10.1. The van der Waals surface area contributed by atoms with Gasteiger partial charge in [-0.3, -0.25) is 14.6 Å². The third kappa shape index (κ3) is 6.34. The summed E-state index contributed by atoms with van der Waals surface area (Å²) >= 11 is 0. The molecule has 1 heterocycles. The molecule has 0 saturated carbocycles. The van der Waals surface area contributed by atoms with Gasteiger partial charge in [0.25, 0.3) is 5.91 Å². The molecular formula is C17H28N4O2. The molecule has 0 bridgehead atoms. The van der Waals surface area contributed by atoms with Gasteiger partial charge in [-0.2, -0.15) is 0 Å². The van der Waals surface area contributed by atoms with Crippen molar-refractivity contribution >= 4 is 11.8 Å². The van der Waals surface area contributed by atoms with Crippen molar-refractivity contribution in [2.45, 2.75) is 40.5 Å². The summed E-state index contributed by atoms with van der Waals surface area (Å²) in [4.78, 5) is 36.3. The highest BCUT2D eigenvalue weighted by atomic mass is 16.2. The van der Waals surface area contributed by atoms with Crippen molar-refractivity contribution in [3.8, 4) is 0 Å². The molecule has 0 aliphatic carbocycles. The largest absolute Gasteiger partial charge is 0.343 e. The minimum atomic E-state index is -0.161. The molecule has 128 valence electrons. The van der Waals surface area contributed by atoms with Crippen LogP contribution in [0.3, 0.4) is 0 Å². The molecule has 0 aromatic carbocycles. The summed E-state index contributed by atoms with van der Waals surface area (Å²) in [6, 6.07) is 0. The van der Waals surface area contributed by atoms with Gasteiger partial charge in [0.1, 0.15) is 5.69 Å². The molecule has 0 saturated heterocycles. The highest BCUT2D eigenvalue weighted by Gasteiger charge is 2.19. The second-order valence-corrected chi connectivity index (χ2v) is 5.88. The van der Waals surface area contributed by atoms with Crippen molar-refractivity contribution < 1.29 is 9.59 Å². The van der Waals surface area contributed by atoms with E-state index in [1.165, 1.54) is 12.4 Å². The van der Waals surface area contributed by atoms with E-state index in [4.69, 9.17) is 0 Å².